The first-order valence-electron chi connectivity index (χ1n) is 14.3. The van der Waals surface area contributed by atoms with Crippen LogP contribution in [-0.2, 0) is 19.0 Å². The number of unbranched alkanes of at least 4 members (excludes halogenated alkanes) is 12. The normalized spacial score (nSPS) is 21.1. The second kappa shape index (κ2) is 16.5. The lowest BCUT2D eigenvalue weighted by molar-refractivity contribution is -0.140. The molecule has 0 aliphatic carbocycles. The topological polar surface area (TPSA) is 181 Å². The first-order valence-corrected chi connectivity index (χ1v) is 14.3. The zero-order valence-electron chi connectivity index (χ0n) is 23.2. The number of carbonyl (C=O) groups excluding carboxylic acids is 1. The molecule has 3 heterocycles. The van der Waals surface area contributed by atoms with Gasteiger partial charge >= 0.3 is 5.97 Å². The summed E-state index contributed by atoms with van der Waals surface area (Å²) in [4.78, 5) is 23.4. The number of aromatic nitrogens is 4. The molecule has 6 N–H and O–H groups in total. The first kappa shape index (κ1) is 31.0. The lowest BCUT2D eigenvalue weighted by atomic mass is 10.0. The molecule has 0 saturated carbocycles. The molecule has 4 atom stereocenters. The van der Waals surface area contributed by atoms with Crippen molar-refractivity contribution in [1.29, 1.82) is 0 Å². The summed E-state index contributed by atoms with van der Waals surface area (Å²) in [5, 5.41) is 20.7. The molecule has 0 radical (unpaired) electrons. The number of aliphatic hydroxyl groups excluding tert-OH is 2. The molecule has 2 aromatic heterocycles. The minimum atomic E-state index is -1.02. The lowest BCUT2D eigenvalue weighted by Crippen LogP contribution is -2.36. The molecule has 3 rings (SSSR count). The summed E-state index contributed by atoms with van der Waals surface area (Å²) in [7, 11) is 1.44. The van der Waals surface area contributed by atoms with Crippen LogP contribution in [0.2, 0.25) is 0 Å². The van der Waals surface area contributed by atoms with Gasteiger partial charge in [-0.25, -0.2) is 4.98 Å². The van der Waals surface area contributed by atoms with Gasteiger partial charge in [-0.3, -0.25) is 9.36 Å². The maximum Gasteiger partial charge on any atom is 0.305 e. The molecule has 1 aliphatic heterocycles. The average Bonchev–Trinajstić information content (AvgIpc) is 3.48. The van der Waals surface area contributed by atoms with E-state index in [1.54, 1.807) is 4.57 Å². The summed E-state index contributed by atoms with van der Waals surface area (Å²) in [6.07, 6.45) is 14.0. The van der Waals surface area contributed by atoms with Crippen molar-refractivity contribution in [3.05, 3.63) is 6.33 Å². The zero-order chi connectivity index (χ0) is 28.0. The van der Waals surface area contributed by atoms with Crippen LogP contribution in [-0.4, -0.2) is 74.3 Å². The van der Waals surface area contributed by atoms with E-state index in [2.05, 4.69) is 19.7 Å². The summed E-state index contributed by atoms with van der Waals surface area (Å²) in [5.74, 6) is 0.0418. The smallest absolute Gasteiger partial charge is 0.305 e. The number of nitrogen functional groups attached to an aromatic ring is 2. The Kier molecular flexibility index (Phi) is 13.1. The molecule has 1 fully saturated rings. The van der Waals surface area contributed by atoms with Gasteiger partial charge in [0.15, 0.2) is 17.7 Å². The number of hydrogen-bond donors (Lipinski definition) is 4. The van der Waals surface area contributed by atoms with E-state index in [1.165, 1.54) is 64.8 Å². The number of anilines is 2. The Labute approximate surface area is 230 Å². The van der Waals surface area contributed by atoms with Gasteiger partial charge in [0.1, 0.15) is 23.8 Å². The number of nitrogens with zero attached hydrogens (tertiary/aromatic N) is 4. The van der Waals surface area contributed by atoms with Gasteiger partial charge in [0.2, 0.25) is 5.95 Å². The largest absolute Gasteiger partial charge is 0.469 e. The van der Waals surface area contributed by atoms with Crippen molar-refractivity contribution in [3.8, 4) is 0 Å². The number of imidazole rings is 1. The SMILES string of the molecule is COC(=O)CCCCCCCCCCCCCCCOC1C(O)[C@H](n2cnc3c(N)nc(N)nc32)O[C@@H]1CO. The molecule has 2 aromatic rings. The van der Waals surface area contributed by atoms with Gasteiger partial charge in [0, 0.05) is 13.0 Å². The number of nitrogens with two attached hydrogens (primary N) is 2. The molecule has 12 nitrogen and oxygen atoms in total. The number of methoxy groups -OCH3 is 1. The van der Waals surface area contributed by atoms with Crippen LogP contribution in [0.1, 0.15) is 96.1 Å². The fraction of sp³-hybridized carbons (Fsp3) is 0.778. The number of rotatable bonds is 19. The first-order chi connectivity index (χ1) is 19.0. The third-order valence-corrected chi connectivity index (χ3v) is 7.29. The van der Waals surface area contributed by atoms with Gasteiger partial charge < -0.3 is 35.9 Å². The molecule has 0 spiro atoms. The maximum atomic E-state index is 11.1. The highest BCUT2D eigenvalue weighted by Crippen LogP contribution is 2.34. The van der Waals surface area contributed by atoms with Crippen molar-refractivity contribution in [1.82, 2.24) is 19.5 Å². The fourth-order valence-corrected chi connectivity index (χ4v) is 5.08. The van der Waals surface area contributed by atoms with Gasteiger partial charge in [0.05, 0.1) is 20.0 Å². The van der Waals surface area contributed by atoms with Crippen molar-refractivity contribution in [3.63, 3.8) is 0 Å². The molecule has 12 heteroatoms. The molecular formula is C27H46N6O6. The monoisotopic (exact) mass is 550 g/mol. The molecule has 0 aromatic carbocycles. The standard InChI is InChI=1S/C27H46N6O6/c1-37-20(35)15-13-11-9-7-5-3-2-4-6-8-10-12-14-16-38-23-19(17-34)39-26(22(23)36)33-18-30-21-24(28)31-27(29)32-25(21)33/h18-19,22-23,26,34,36H,2-17H2,1H3,(H4,28,29,31,32)/t19-,22?,23?,26-/m1/s1. The van der Waals surface area contributed by atoms with Gasteiger partial charge in [-0.2, -0.15) is 9.97 Å². The van der Waals surface area contributed by atoms with Crippen LogP contribution in [0, 0.1) is 0 Å². The van der Waals surface area contributed by atoms with Crippen molar-refractivity contribution < 1.29 is 29.2 Å². The lowest BCUT2D eigenvalue weighted by Gasteiger charge is -2.20. The van der Waals surface area contributed by atoms with E-state index in [9.17, 15) is 15.0 Å². The highest BCUT2D eigenvalue weighted by molar-refractivity contribution is 5.82. The molecule has 0 amide bonds. The van der Waals surface area contributed by atoms with Gasteiger partial charge in [0.25, 0.3) is 0 Å². The summed E-state index contributed by atoms with van der Waals surface area (Å²) >= 11 is 0. The predicted octanol–water partition coefficient (Wildman–Crippen LogP) is 3.26. The molecule has 39 heavy (non-hydrogen) atoms. The second-order valence-electron chi connectivity index (χ2n) is 10.3. The summed E-state index contributed by atoms with van der Waals surface area (Å²) in [5.41, 5.74) is 12.3. The Morgan fingerprint density at radius 3 is 2.15 bits per heavy atom. The van der Waals surface area contributed by atoms with Crippen LogP contribution in [0.4, 0.5) is 11.8 Å². The second-order valence-corrected chi connectivity index (χ2v) is 10.3. The quantitative estimate of drug-likeness (QED) is 0.149. The average molecular weight is 551 g/mol. The highest BCUT2D eigenvalue weighted by atomic mass is 16.6. The van der Waals surface area contributed by atoms with E-state index in [4.69, 9.17) is 20.9 Å². The van der Waals surface area contributed by atoms with Crippen LogP contribution in [0.5, 0.6) is 0 Å². The molecular weight excluding hydrogens is 504 g/mol. The Morgan fingerprint density at radius 2 is 1.56 bits per heavy atom. The minimum absolute atomic E-state index is 0.00116. The van der Waals surface area contributed by atoms with Crippen LogP contribution >= 0.6 is 0 Å². The summed E-state index contributed by atoms with van der Waals surface area (Å²) < 4.78 is 18.1. The fourth-order valence-electron chi connectivity index (χ4n) is 5.08. The minimum Gasteiger partial charge on any atom is -0.469 e. The van der Waals surface area contributed by atoms with Gasteiger partial charge in [-0.05, 0) is 12.8 Å². The van der Waals surface area contributed by atoms with Crippen molar-refractivity contribution in [2.45, 2.75) is 114 Å². The van der Waals surface area contributed by atoms with Crippen LogP contribution in [0.15, 0.2) is 6.33 Å². The number of fused-ring (bicyclic) bond motifs is 1. The van der Waals surface area contributed by atoms with E-state index < -0.39 is 24.5 Å². The van der Waals surface area contributed by atoms with Gasteiger partial charge in [-0.1, -0.05) is 70.6 Å². The maximum absolute atomic E-state index is 11.1. The molecule has 1 aliphatic rings. The number of ether oxygens (including phenoxy) is 3. The summed E-state index contributed by atoms with van der Waals surface area (Å²) in [6, 6.07) is 0. The van der Waals surface area contributed by atoms with E-state index in [1.807, 2.05) is 0 Å². The predicted molar refractivity (Wildman–Crippen MR) is 148 cm³/mol. The third-order valence-electron chi connectivity index (χ3n) is 7.29. The van der Waals surface area contributed by atoms with Crippen LogP contribution in [0.25, 0.3) is 11.2 Å². The Bertz CT molecular complexity index is 1000. The number of aliphatic hydroxyl groups is 2. The van der Waals surface area contributed by atoms with E-state index >= 15 is 0 Å². The Balaban J connectivity index is 1.24. The van der Waals surface area contributed by atoms with E-state index in [-0.39, 0.29) is 24.3 Å². The molecule has 2 unspecified atom stereocenters. The Morgan fingerprint density at radius 1 is 0.974 bits per heavy atom. The number of hydrogen-bond acceptors (Lipinski definition) is 11. The zero-order valence-corrected chi connectivity index (χ0v) is 23.2. The third kappa shape index (κ3) is 9.26. The van der Waals surface area contributed by atoms with Crippen LogP contribution in [0.3, 0.4) is 0 Å². The van der Waals surface area contributed by atoms with E-state index in [0.29, 0.717) is 24.2 Å². The van der Waals surface area contributed by atoms with Crippen LogP contribution < -0.4 is 11.5 Å². The highest BCUT2D eigenvalue weighted by Gasteiger charge is 2.45. The Hall–Kier alpha value is -2.54. The van der Waals surface area contributed by atoms with E-state index in [0.717, 1.165) is 32.1 Å². The summed E-state index contributed by atoms with van der Waals surface area (Å²) in [6.45, 7) is 0.209. The molecule has 0 bridgehead atoms. The van der Waals surface area contributed by atoms with Crippen molar-refractivity contribution in [2.24, 2.45) is 0 Å². The van der Waals surface area contributed by atoms with Crippen molar-refractivity contribution in [2.75, 3.05) is 31.8 Å². The van der Waals surface area contributed by atoms with Crippen molar-refractivity contribution >= 4 is 28.9 Å². The number of esters is 1. The van der Waals surface area contributed by atoms with Gasteiger partial charge in [-0.15, -0.1) is 0 Å². The number of carbonyl (C=O) groups is 1. The molecule has 220 valence electrons. The molecule has 1 saturated heterocycles.